The number of fused-ring (bicyclic) bond motifs is 1. The summed E-state index contributed by atoms with van der Waals surface area (Å²) in [7, 11) is 0. The largest absolute Gasteiger partial charge is 0.482 e. The van der Waals surface area contributed by atoms with E-state index in [-0.39, 0.29) is 31.0 Å². The van der Waals surface area contributed by atoms with E-state index in [1.807, 2.05) is 42.5 Å². The third kappa shape index (κ3) is 3.60. The molecule has 0 saturated heterocycles. The van der Waals surface area contributed by atoms with Gasteiger partial charge in [-0.3, -0.25) is 14.5 Å². The van der Waals surface area contributed by atoms with Crippen molar-refractivity contribution in [3.05, 3.63) is 58.6 Å². The second-order valence-corrected chi connectivity index (χ2v) is 7.59. The third-order valence-electron chi connectivity index (χ3n) is 4.74. The maximum atomic E-state index is 12.7. The first-order valence-corrected chi connectivity index (χ1v) is 9.48. The summed E-state index contributed by atoms with van der Waals surface area (Å²) in [5.41, 5.74) is 1.74. The fraction of sp³-hybridized carbons (Fsp3) is 0.300. The van der Waals surface area contributed by atoms with Crippen molar-refractivity contribution in [2.75, 3.05) is 18.1 Å². The van der Waals surface area contributed by atoms with Crippen LogP contribution >= 0.6 is 15.9 Å². The number of nitrogens with zero attached hydrogens (tertiary/aromatic N) is 1. The van der Waals surface area contributed by atoms with Crippen molar-refractivity contribution >= 4 is 33.4 Å². The van der Waals surface area contributed by atoms with E-state index in [4.69, 9.17) is 4.74 Å². The Bertz CT molecular complexity index is 836. The van der Waals surface area contributed by atoms with Gasteiger partial charge < -0.3 is 10.1 Å². The van der Waals surface area contributed by atoms with Gasteiger partial charge in [0.25, 0.3) is 5.91 Å². The highest BCUT2D eigenvalue weighted by molar-refractivity contribution is 9.10. The number of halogens is 1. The first-order chi connectivity index (χ1) is 12.6. The molecular formula is C20H19BrN2O3. The third-order valence-corrected chi connectivity index (χ3v) is 5.23. The normalized spacial score (nSPS) is 17.3. The molecule has 0 spiro atoms. The molecule has 1 fully saturated rings. The quantitative estimate of drug-likeness (QED) is 0.814. The fourth-order valence-corrected chi connectivity index (χ4v) is 3.62. The summed E-state index contributed by atoms with van der Waals surface area (Å²) in [4.78, 5) is 26.5. The van der Waals surface area contributed by atoms with Gasteiger partial charge in [0.15, 0.2) is 6.61 Å². The first-order valence-electron chi connectivity index (χ1n) is 8.69. The van der Waals surface area contributed by atoms with Gasteiger partial charge >= 0.3 is 0 Å². The molecule has 5 nitrogen and oxygen atoms in total. The molecule has 1 saturated carbocycles. The average molecular weight is 415 g/mol. The zero-order valence-corrected chi connectivity index (χ0v) is 15.7. The summed E-state index contributed by atoms with van der Waals surface area (Å²) >= 11 is 3.40. The summed E-state index contributed by atoms with van der Waals surface area (Å²) in [6.07, 6.45) is 2.24. The van der Waals surface area contributed by atoms with Crippen LogP contribution in [0.5, 0.6) is 5.75 Å². The molecule has 1 aliphatic heterocycles. The molecule has 1 heterocycles. The van der Waals surface area contributed by atoms with E-state index in [0.29, 0.717) is 17.4 Å². The van der Waals surface area contributed by atoms with Gasteiger partial charge in [-0.15, -0.1) is 0 Å². The minimum absolute atomic E-state index is 0.00392. The van der Waals surface area contributed by atoms with Crippen LogP contribution < -0.4 is 15.0 Å². The number of hydrogen-bond acceptors (Lipinski definition) is 3. The molecule has 2 aromatic rings. The molecule has 0 bridgehead atoms. The van der Waals surface area contributed by atoms with Crippen molar-refractivity contribution in [3.8, 4) is 5.75 Å². The lowest BCUT2D eigenvalue weighted by Gasteiger charge is -2.29. The minimum atomic E-state index is -0.211. The van der Waals surface area contributed by atoms with Crippen LogP contribution in [0.3, 0.4) is 0 Å². The number of carbonyl (C=O) groups is 2. The molecule has 1 N–H and O–H groups in total. The van der Waals surface area contributed by atoms with E-state index in [0.717, 1.165) is 22.9 Å². The van der Waals surface area contributed by atoms with E-state index in [9.17, 15) is 9.59 Å². The lowest BCUT2D eigenvalue weighted by molar-refractivity contribution is -0.125. The van der Waals surface area contributed by atoms with Gasteiger partial charge in [0, 0.05) is 4.47 Å². The Hall–Kier alpha value is -2.34. The molecule has 134 valence electrons. The van der Waals surface area contributed by atoms with Crippen molar-refractivity contribution in [3.63, 3.8) is 0 Å². The maximum Gasteiger partial charge on any atom is 0.265 e. The summed E-state index contributed by atoms with van der Waals surface area (Å²) in [6, 6.07) is 15.4. The van der Waals surface area contributed by atoms with E-state index in [1.54, 1.807) is 6.07 Å². The van der Waals surface area contributed by atoms with Crippen LogP contribution in [-0.2, 0) is 9.59 Å². The maximum absolute atomic E-state index is 12.7. The van der Waals surface area contributed by atoms with E-state index < -0.39 is 0 Å². The zero-order valence-electron chi connectivity index (χ0n) is 14.2. The molecule has 2 aliphatic rings. The zero-order chi connectivity index (χ0) is 18.1. The van der Waals surface area contributed by atoms with Crippen molar-refractivity contribution in [2.24, 2.45) is 5.92 Å². The standard InChI is InChI=1S/C20H19BrN2O3/c21-15-8-9-16-17(10-15)26-12-19(25)23(16)11-18(24)22-20(14-6-7-14)13-4-2-1-3-5-13/h1-5,8-10,14,20H,6-7,11-12H2,(H,22,24)/t20-/m1/s1. The highest BCUT2D eigenvalue weighted by atomic mass is 79.9. The first kappa shape index (κ1) is 17.1. The highest BCUT2D eigenvalue weighted by Crippen LogP contribution is 2.41. The molecule has 2 aromatic carbocycles. The Balaban J connectivity index is 1.50. The molecule has 1 atom stereocenters. The van der Waals surface area contributed by atoms with Crippen LogP contribution in [0.2, 0.25) is 0 Å². The Morgan fingerprint density at radius 3 is 2.73 bits per heavy atom. The van der Waals surface area contributed by atoms with Gasteiger partial charge in [0.1, 0.15) is 12.3 Å². The summed E-state index contributed by atoms with van der Waals surface area (Å²) in [5.74, 6) is 0.714. The monoisotopic (exact) mass is 414 g/mol. The summed E-state index contributed by atoms with van der Waals surface area (Å²) in [5, 5.41) is 3.12. The number of hydrogen-bond donors (Lipinski definition) is 1. The van der Waals surface area contributed by atoms with Crippen LogP contribution in [0.15, 0.2) is 53.0 Å². The average Bonchev–Trinajstić information content (AvgIpc) is 3.48. The van der Waals surface area contributed by atoms with Crippen LogP contribution in [0.25, 0.3) is 0 Å². The number of ether oxygens (including phenoxy) is 1. The van der Waals surface area contributed by atoms with E-state index in [2.05, 4.69) is 21.2 Å². The Morgan fingerprint density at radius 1 is 1.23 bits per heavy atom. The lowest BCUT2D eigenvalue weighted by Crippen LogP contribution is -2.46. The second kappa shape index (κ2) is 7.11. The van der Waals surface area contributed by atoms with E-state index >= 15 is 0 Å². The predicted molar refractivity (Wildman–Crippen MR) is 102 cm³/mol. The van der Waals surface area contributed by atoms with Gasteiger partial charge in [-0.05, 0) is 42.5 Å². The molecule has 0 unspecified atom stereocenters. The number of benzene rings is 2. The van der Waals surface area contributed by atoms with Crippen LogP contribution in [-0.4, -0.2) is 25.0 Å². The number of carbonyl (C=O) groups excluding carboxylic acids is 2. The Morgan fingerprint density at radius 2 is 2.00 bits per heavy atom. The summed E-state index contributed by atoms with van der Waals surface area (Å²) < 4.78 is 6.34. The lowest BCUT2D eigenvalue weighted by atomic mass is 10.0. The predicted octanol–water partition coefficient (Wildman–Crippen LogP) is 3.44. The number of amides is 2. The van der Waals surface area contributed by atoms with Gasteiger partial charge in [-0.2, -0.15) is 0 Å². The topological polar surface area (TPSA) is 58.6 Å². The molecule has 6 heteroatoms. The molecule has 0 aromatic heterocycles. The van der Waals surface area contributed by atoms with E-state index in [1.165, 1.54) is 4.90 Å². The number of anilines is 1. The number of nitrogens with one attached hydrogen (secondary N) is 1. The smallest absolute Gasteiger partial charge is 0.265 e. The molecule has 0 radical (unpaired) electrons. The molecular weight excluding hydrogens is 396 g/mol. The van der Waals surface area contributed by atoms with Crippen molar-refractivity contribution in [2.45, 2.75) is 18.9 Å². The minimum Gasteiger partial charge on any atom is -0.482 e. The van der Waals surface area contributed by atoms with Gasteiger partial charge in [0.2, 0.25) is 5.91 Å². The van der Waals surface area contributed by atoms with Gasteiger partial charge in [0.05, 0.1) is 11.7 Å². The summed E-state index contributed by atoms with van der Waals surface area (Å²) in [6.45, 7) is -0.0612. The van der Waals surface area contributed by atoms with Gasteiger partial charge in [-0.1, -0.05) is 46.3 Å². The Kier molecular flexibility index (Phi) is 4.68. The second-order valence-electron chi connectivity index (χ2n) is 6.67. The SMILES string of the molecule is O=C(CN1C(=O)COc2cc(Br)ccc21)N[C@H](c1ccccc1)C1CC1. The Labute approximate surface area is 160 Å². The van der Waals surface area contributed by atoms with Crippen LogP contribution in [0.4, 0.5) is 5.69 Å². The molecule has 4 rings (SSSR count). The molecule has 2 amide bonds. The highest BCUT2D eigenvalue weighted by Gasteiger charge is 2.34. The fourth-order valence-electron chi connectivity index (χ4n) is 3.28. The molecule has 1 aliphatic carbocycles. The van der Waals surface area contributed by atoms with Crippen molar-refractivity contribution < 1.29 is 14.3 Å². The number of rotatable bonds is 5. The molecule has 26 heavy (non-hydrogen) atoms. The van der Waals surface area contributed by atoms with Crippen LogP contribution in [0.1, 0.15) is 24.4 Å². The van der Waals surface area contributed by atoms with Crippen molar-refractivity contribution in [1.29, 1.82) is 0 Å². The van der Waals surface area contributed by atoms with Crippen LogP contribution in [0, 0.1) is 5.92 Å². The van der Waals surface area contributed by atoms with Crippen molar-refractivity contribution in [1.82, 2.24) is 5.32 Å². The van der Waals surface area contributed by atoms with Gasteiger partial charge in [-0.25, -0.2) is 0 Å².